The van der Waals surface area contributed by atoms with E-state index in [4.69, 9.17) is 15.2 Å². The molecular weight excluding hydrogens is 202 g/mol. The molecule has 16 heavy (non-hydrogen) atoms. The van der Waals surface area contributed by atoms with Crippen molar-refractivity contribution in [2.24, 2.45) is 5.73 Å². The molecule has 0 aliphatic carbocycles. The van der Waals surface area contributed by atoms with Crippen LogP contribution in [0.25, 0.3) is 0 Å². The molecule has 3 heteroatoms. The quantitative estimate of drug-likeness (QED) is 0.746. The van der Waals surface area contributed by atoms with E-state index < -0.39 is 0 Å². The molecule has 88 valence electrons. The Kier molecular flexibility index (Phi) is 4.86. The van der Waals surface area contributed by atoms with Crippen LogP contribution in [0.4, 0.5) is 0 Å². The Morgan fingerprint density at radius 3 is 2.19 bits per heavy atom. The Morgan fingerprint density at radius 2 is 1.81 bits per heavy atom. The van der Waals surface area contributed by atoms with Gasteiger partial charge in [0.05, 0.1) is 14.2 Å². The maximum absolute atomic E-state index is 5.54. The number of hydrogen-bond donors (Lipinski definition) is 1. The zero-order valence-electron chi connectivity index (χ0n) is 9.95. The summed E-state index contributed by atoms with van der Waals surface area (Å²) in [6, 6.07) is 4.02. The fraction of sp³-hybridized carbons (Fsp3) is 0.385. The SMILES string of the molecule is C=CCc1c(OC)cc(CCN)cc1OC. The van der Waals surface area contributed by atoms with Crippen molar-refractivity contribution in [3.8, 4) is 11.5 Å². The van der Waals surface area contributed by atoms with Gasteiger partial charge in [-0.2, -0.15) is 0 Å². The Morgan fingerprint density at radius 1 is 1.25 bits per heavy atom. The summed E-state index contributed by atoms with van der Waals surface area (Å²) in [4.78, 5) is 0. The van der Waals surface area contributed by atoms with Gasteiger partial charge in [0.1, 0.15) is 11.5 Å². The fourth-order valence-electron chi connectivity index (χ4n) is 1.69. The second-order valence-corrected chi connectivity index (χ2v) is 3.51. The van der Waals surface area contributed by atoms with Gasteiger partial charge in [0, 0.05) is 5.56 Å². The van der Waals surface area contributed by atoms with E-state index in [-0.39, 0.29) is 0 Å². The highest BCUT2D eigenvalue weighted by atomic mass is 16.5. The van der Waals surface area contributed by atoms with Gasteiger partial charge in [0.15, 0.2) is 0 Å². The second-order valence-electron chi connectivity index (χ2n) is 3.51. The normalized spacial score (nSPS) is 9.94. The topological polar surface area (TPSA) is 44.5 Å². The highest BCUT2D eigenvalue weighted by Gasteiger charge is 2.10. The monoisotopic (exact) mass is 221 g/mol. The molecule has 0 spiro atoms. The maximum atomic E-state index is 5.54. The van der Waals surface area contributed by atoms with Gasteiger partial charge in [0.25, 0.3) is 0 Å². The smallest absolute Gasteiger partial charge is 0.126 e. The van der Waals surface area contributed by atoms with Crippen LogP contribution in [-0.2, 0) is 12.8 Å². The molecule has 1 aromatic carbocycles. The summed E-state index contributed by atoms with van der Waals surface area (Å²) in [5, 5.41) is 0. The highest BCUT2D eigenvalue weighted by molar-refractivity contribution is 5.49. The van der Waals surface area contributed by atoms with Crippen molar-refractivity contribution < 1.29 is 9.47 Å². The molecule has 0 heterocycles. The Balaban J connectivity index is 3.19. The first-order valence-electron chi connectivity index (χ1n) is 5.31. The van der Waals surface area contributed by atoms with Crippen LogP contribution in [-0.4, -0.2) is 20.8 Å². The average Bonchev–Trinajstić information content (AvgIpc) is 2.31. The van der Waals surface area contributed by atoms with Crippen molar-refractivity contribution in [1.82, 2.24) is 0 Å². The first-order valence-corrected chi connectivity index (χ1v) is 5.31. The predicted molar refractivity (Wildman–Crippen MR) is 66.2 cm³/mol. The summed E-state index contributed by atoms with van der Waals surface area (Å²) in [6.45, 7) is 4.35. The van der Waals surface area contributed by atoms with E-state index in [1.54, 1.807) is 14.2 Å². The molecule has 0 bridgehead atoms. The van der Waals surface area contributed by atoms with Crippen LogP contribution in [0, 0.1) is 0 Å². The number of hydrogen-bond acceptors (Lipinski definition) is 3. The van der Waals surface area contributed by atoms with Gasteiger partial charge in [-0.15, -0.1) is 6.58 Å². The fourth-order valence-corrected chi connectivity index (χ4v) is 1.69. The van der Waals surface area contributed by atoms with Crippen LogP contribution < -0.4 is 15.2 Å². The largest absolute Gasteiger partial charge is 0.496 e. The minimum atomic E-state index is 0.618. The first-order chi connectivity index (χ1) is 7.76. The molecule has 0 unspecified atom stereocenters. The molecule has 0 aromatic heterocycles. The van der Waals surface area contributed by atoms with E-state index in [0.717, 1.165) is 35.5 Å². The van der Waals surface area contributed by atoms with Crippen LogP contribution in [0.5, 0.6) is 11.5 Å². The van der Waals surface area contributed by atoms with E-state index in [2.05, 4.69) is 6.58 Å². The van der Waals surface area contributed by atoms with Gasteiger partial charge in [0.2, 0.25) is 0 Å². The minimum absolute atomic E-state index is 0.618. The van der Waals surface area contributed by atoms with Gasteiger partial charge in [-0.3, -0.25) is 0 Å². The van der Waals surface area contributed by atoms with Gasteiger partial charge in [-0.25, -0.2) is 0 Å². The predicted octanol–water partition coefficient (Wildman–Crippen LogP) is 1.93. The number of allylic oxidation sites excluding steroid dienone is 1. The minimum Gasteiger partial charge on any atom is -0.496 e. The summed E-state index contributed by atoms with van der Waals surface area (Å²) in [5.74, 6) is 1.67. The van der Waals surface area contributed by atoms with Crippen molar-refractivity contribution in [3.63, 3.8) is 0 Å². The third-order valence-electron chi connectivity index (χ3n) is 2.45. The van der Waals surface area contributed by atoms with Crippen LogP contribution >= 0.6 is 0 Å². The summed E-state index contributed by atoms with van der Waals surface area (Å²) in [7, 11) is 3.32. The molecule has 0 aliphatic rings. The van der Waals surface area contributed by atoms with Gasteiger partial charge in [-0.05, 0) is 37.1 Å². The van der Waals surface area contributed by atoms with Crippen LogP contribution in [0.15, 0.2) is 24.8 Å². The summed E-state index contributed by atoms with van der Waals surface area (Å²) < 4.78 is 10.7. The molecule has 2 N–H and O–H groups in total. The summed E-state index contributed by atoms with van der Waals surface area (Å²) >= 11 is 0. The molecule has 1 aromatic rings. The van der Waals surface area contributed by atoms with Crippen LogP contribution in [0.3, 0.4) is 0 Å². The molecular formula is C13H19NO2. The molecule has 0 radical (unpaired) electrons. The van der Waals surface area contributed by atoms with E-state index in [9.17, 15) is 0 Å². The standard InChI is InChI=1S/C13H19NO2/c1-4-5-11-12(15-2)8-10(6-7-14)9-13(11)16-3/h4,8-9H,1,5-7,14H2,2-3H3. The lowest BCUT2D eigenvalue weighted by Gasteiger charge is -2.14. The van der Waals surface area contributed by atoms with E-state index in [0.29, 0.717) is 6.54 Å². The van der Waals surface area contributed by atoms with Crippen LogP contribution in [0.1, 0.15) is 11.1 Å². The molecule has 0 aliphatic heterocycles. The van der Waals surface area contributed by atoms with Crippen molar-refractivity contribution in [3.05, 3.63) is 35.9 Å². The average molecular weight is 221 g/mol. The highest BCUT2D eigenvalue weighted by Crippen LogP contribution is 2.31. The van der Waals surface area contributed by atoms with Crippen molar-refractivity contribution in [1.29, 1.82) is 0 Å². The number of rotatable bonds is 6. The lowest BCUT2D eigenvalue weighted by atomic mass is 10.0. The van der Waals surface area contributed by atoms with Gasteiger partial charge < -0.3 is 15.2 Å². The second kappa shape index (κ2) is 6.18. The number of benzene rings is 1. The number of nitrogens with two attached hydrogens (primary N) is 1. The summed E-state index contributed by atoms with van der Waals surface area (Å²) in [5.41, 5.74) is 7.70. The van der Waals surface area contributed by atoms with Gasteiger partial charge >= 0.3 is 0 Å². The molecule has 0 fully saturated rings. The lowest BCUT2D eigenvalue weighted by Crippen LogP contribution is -2.04. The zero-order valence-corrected chi connectivity index (χ0v) is 9.95. The van der Waals surface area contributed by atoms with Crippen molar-refractivity contribution >= 4 is 0 Å². The maximum Gasteiger partial charge on any atom is 0.126 e. The molecule has 0 saturated carbocycles. The third-order valence-corrected chi connectivity index (χ3v) is 2.45. The lowest BCUT2D eigenvalue weighted by molar-refractivity contribution is 0.386. The Bertz CT molecular complexity index is 336. The zero-order chi connectivity index (χ0) is 12.0. The Hall–Kier alpha value is -1.48. The molecule has 1 rings (SSSR count). The van der Waals surface area contributed by atoms with E-state index in [1.807, 2.05) is 18.2 Å². The molecule has 0 amide bonds. The van der Waals surface area contributed by atoms with Crippen molar-refractivity contribution in [2.75, 3.05) is 20.8 Å². The Labute approximate surface area is 96.9 Å². The summed E-state index contributed by atoms with van der Waals surface area (Å²) in [6.07, 6.45) is 3.39. The number of methoxy groups -OCH3 is 2. The van der Waals surface area contributed by atoms with E-state index >= 15 is 0 Å². The van der Waals surface area contributed by atoms with Crippen LogP contribution in [0.2, 0.25) is 0 Å². The van der Waals surface area contributed by atoms with Gasteiger partial charge in [-0.1, -0.05) is 6.08 Å². The molecule has 0 saturated heterocycles. The van der Waals surface area contributed by atoms with E-state index in [1.165, 1.54) is 0 Å². The number of ether oxygens (including phenoxy) is 2. The molecule has 3 nitrogen and oxygen atoms in total. The molecule has 0 atom stereocenters. The van der Waals surface area contributed by atoms with Crippen molar-refractivity contribution in [2.45, 2.75) is 12.8 Å². The first kappa shape index (κ1) is 12.6. The third kappa shape index (κ3) is 2.76.